The number of nitrogens with one attached hydrogen (secondary N) is 2. The summed E-state index contributed by atoms with van der Waals surface area (Å²) in [7, 11) is 3.08. The van der Waals surface area contributed by atoms with E-state index in [0.29, 0.717) is 6.54 Å². The van der Waals surface area contributed by atoms with Gasteiger partial charge in [-0.05, 0) is 13.3 Å². The topological polar surface area (TPSA) is 59.6 Å². The van der Waals surface area contributed by atoms with Gasteiger partial charge in [0.1, 0.15) is 0 Å². The predicted molar refractivity (Wildman–Crippen MR) is 54.1 cm³/mol. The first-order chi connectivity index (χ1) is 6.65. The average molecular weight is 204 g/mol. The quantitative estimate of drug-likeness (QED) is 0.626. The Kier molecular flexibility index (Phi) is 7.14. The van der Waals surface area contributed by atoms with Gasteiger partial charge in [0.25, 0.3) is 0 Å². The second kappa shape index (κ2) is 7.58. The molecule has 1 unspecified atom stereocenters. The lowest BCUT2D eigenvalue weighted by Crippen LogP contribution is -2.47. The van der Waals surface area contributed by atoms with Crippen molar-refractivity contribution in [2.24, 2.45) is 0 Å². The molecule has 5 nitrogen and oxygen atoms in total. The molecule has 0 fully saturated rings. The Morgan fingerprint density at radius 2 is 1.93 bits per heavy atom. The fraction of sp³-hybridized carbons (Fsp3) is 0.889. The largest absolute Gasteiger partial charge is 0.354 e. The van der Waals surface area contributed by atoms with E-state index < -0.39 is 6.29 Å². The standard InChI is InChI=1S/C9H20N2O3/c1-5-6-10-9(12)11-7(2)8(13-3)14-4/h7-8H,5-6H2,1-4H3,(H2,10,11,12). The molecular formula is C9H20N2O3. The smallest absolute Gasteiger partial charge is 0.315 e. The molecule has 0 saturated heterocycles. The van der Waals surface area contributed by atoms with Crippen LogP contribution in [0.1, 0.15) is 20.3 Å². The highest BCUT2D eigenvalue weighted by Gasteiger charge is 2.17. The van der Waals surface area contributed by atoms with Crippen molar-refractivity contribution in [2.75, 3.05) is 20.8 Å². The molecule has 0 aromatic carbocycles. The van der Waals surface area contributed by atoms with E-state index in [9.17, 15) is 4.79 Å². The Labute approximate surface area is 85.1 Å². The van der Waals surface area contributed by atoms with E-state index in [-0.39, 0.29) is 12.1 Å². The van der Waals surface area contributed by atoms with Gasteiger partial charge in [-0.1, -0.05) is 6.92 Å². The van der Waals surface area contributed by atoms with Crippen LogP contribution in [-0.2, 0) is 9.47 Å². The van der Waals surface area contributed by atoms with E-state index in [1.807, 2.05) is 13.8 Å². The molecule has 0 aliphatic carbocycles. The number of carbonyl (C=O) groups is 1. The summed E-state index contributed by atoms with van der Waals surface area (Å²) in [5.74, 6) is 0. The molecule has 0 aromatic heterocycles. The fourth-order valence-electron chi connectivity index (χ4n) is 1.07. The molecule has 2 amide bonds. The van der Waals surface area contributed by atoms with Crippen molar-refractivity contribution < 1.29 is 14.3 Å². The maximum atomic E-state index is 11.2. The highest BCUT2D eigenvalue weighted by Crippen LogP contribution is 1.97. The zero-order chi connectivity index (χ0) is 11.0. The average Bonchev–Trinajstić information content (AvgIpc) is 2.16. The van der Waals surface area contributed by atoms with E-state index in [0.717, 1.165) is 6.42 Å². The third-order valence-corrected chi connectivity index (χ3v) is 1.77. The highest BCUT2D eigenvalue weighted by atomic mass is 16.7. The number of carbonyl (C=O) groups excluding carboxylic acids is 1. The van der Waals surface area contributed by atoms with Crippen LogP contribution in [0.2, 0.25) is 0 Å². The van der Waals surface area contributed by atoms with E-state index >= 15 is 0 Å². The third kappa shape index (κ3) is 5.04. The number of ether oxygens (including phenoxy) is 2. The number of methoxy groups -OCH3 is 2. The molecule has 0 radical (unpaired) electrons. The summed E-state index contributed by atoms with van der Waals surface area (Å²) in [6, 6.07) is -0.375. The molecule has 0 rings (SSSR count). The highest BCUT2D eigenvalue weighted by molar-refractivity contribution is 5.74. The van der Waals surface area contributed by atoms with Crippen molar-refractivity contribution in [3.63, 3.8) is 0 Å². The van der Waals surface area contributed by atoms with Crippen LogP contribution in [0, 0.1) is 0 Å². The minimum Gasteiger partial charge on any atom is -0.354 e. The fourth-order valence-corrected chi connectivity index (χ4v) is 1.07. The third-order valence-electron chi connectivity index (χ3n) is 1.77. The number of amides is 2. The molecule has 1 atom stereocenters. The molecule has 0 bridgehead atoms. The van der Waals surface area contributed by atoms with Crippen molar-refractivity contribution in [1.82, 2.24) is 10.6 Å². The summed E-state index contributed by atoms with van der Waals surface area (Å²) in [4.78, 5) is 11.2. The van der Waals surface area contributed by atoms with Crippen LogP contribution in [-0.4, -0.2) is 39.1 Å². The summed E-state index contributed by atoms with van der Waals surface area (Å²) in [5, 5.41) is 5.42. The predicted octanol–water partition coefficient (Wildman–Crippen LogP) is 0.703. The Hall–Kier alpha value is -0.810. The van der Waals surface area contributed by atoms with Crippen molar-refractivity contribution in [2.45, 2.75) is 32.6 Å². The van der Waals surface area contributed by atoms with Gasteiger partial charge in [-0.3, -0.25) is 0 Å². The molecule has 5 heteroatoms. The maximum Gasteiger partial charge on any atom is 0.315 e. The van der Waals surface area contributed by atoms with Crippen LogP contribution in [0.5, 0.6) is 0 Å². The van der Waals surface area contributed by atoms with Crippen LogP contribution in [0.3, 0.4) is 0 Å². The first kappa shape index (κ1) is 13.2. The Morgan fingerprint density at radius 1 is 1.36 bits per heavy atom. The Bertz CT molecular complexity index is 160. The zero-order valence-corrected chi connectivity index (χ0v) is 9.29. The molecule has 84 valence electrons. The lowest BCUT2D eigenvalue weighted by Gasteiger charge is -2.22. The molecule has 14 heavy (non-hydrogen) atoms. The lowest BCUT2D eigenvalue weighted by molar-refractivity contribution is -0.117. The Balaban J connectivity index is 3.79. The van der Waals surface area contributed by atoms with Crippen LogP contribution < -0.4 is 10.6 Å². The Morgan fingerprint density at radius 3 is 2.36 bits per heavy atom. The zero-order valence-electron chi connectivity index (χ0n) is 9.29. The van der Waals surface area contributed by atoms with Gasteiger partial charge in [0.05, 0.1) is 6.04 Å². The normalized spacial score (nSPS) is 12.6. The maximum absolute atomic E-state index is 11.2. The van der Waals surface area contributed by atoms with Crippen LogP contribution in [0.15, 0.2) is 0 Å². The van der Waals surface area contributed by atoms with E-state index in [4.69, 9.17) is 9.47 Å². The van der Waals surface area contributed by atoms with Crippen molar-refractivity contribution in [3.8, 4) is 0 Å². The van der Waals surface area contributed by atoms with Gasteiger partial charge in [0.2, 0.25) is 0 Å². The number of rotatable bonds is 6. The first-order valence-corrected chi connectivity index (χ1v) is 4.75. The van der Waals surface area contributed by atoms with Crippen LogP contribution in [0.25, 0.3) is 0 Å². The molecule has 0 heterocycles. The summed E-state index contributed by atoms with van der Waals surface area (Å²) in [5.41, 5.74) is 0. The first-order valence-electron chi connectivity index (χ1n) is 4.75. The van der Waals surface area contributed by atoms with Gasteiger partial charge in [-0.15, -0.1) is 0 Å². The van der Waals surface area contributed by atoms with Gasteiger partial charge in [0.15, 0.2) is 6.29 Å². The lowest BCUT2D eigenvalue weighted by atomic mass is 10.3. The number of hydrogen-bond donors (Lipinski definition) is 2. The van der Waals surface area contributed by atoms with Crippen molar-refractivity contribution in [3.05, 3.63) is 0 Å². The number of hydrogen-bond acceptors (Lipinski definition) is 3. The minimum absolute atomic E-state index is 0.179. The van der Waals surface area contributed by atoms with E-state index in [2.05, 4.69) is 10.6 Å². The molecule has 0 spiro atoms. The van der Waals surface area contributed by atoms with E-state index in [1.54, 1.807) is 0 Å². The summed E-state index contributed by atoms with van der Waals surface area (Å²) in [6.45, 7) is 4.49. The minimum atomic E-state index is -0.414. The second-order valence-electron chi connectivity index (χ2n) is 3.03. The SMILES string of the molecule is CCCNC(=O)NC(C)C(OC)OC. The van der Waals surface area contributed by atoms with Gasteiger partial charge in [-0.2, -0.15) is 0 Å². The van der Waals surface area contributed by atoms with Crippen molar-refractivity contribution in [1.29, 1.82) is 0 Å². The van der Waals surface area contributed by atoms with Gasteiger partial charge in [0, 0.05) is 20.8 Å². The second-order valence-corrected chi connectivity index (χ2v) is 3.03. The summed E-state index contributed by atoms with van der Waals surface area (Å²) in [6.07, 6.45) is 0.502. The molecular weight excluding hydrogens is 184 g/mol. The van der Waals surface area contributed by atoms with E-state index in [1.165, 1.54) is 14.2 Å². The number of urea groups is 1. The summed E-state index contributed by atoms with van der Waals surface area (Å²) < 4.78 is 10.0. The van der Waals surface area contributed by atoms with Crippen LogP contribution in [0.4, 0.5) is 4.79 Å². The van der Waals surface area contributed by atoms with Gasteiger partial charge >= 0.3 is 6.03 Å². The van der Waals surface area contributed by atoms with Gasteiger partial charge < -0.3 is 20.1 Å². The molecule has 0 aliphatic heterocycles. The molecule has 0 aromatic rings. The molecule has 0 saturated carbocycles. The van der Waals surface area contributed by atoms with Crippen LogP contribution >= 0.6 is 0 Å². The summed E-state index contributed by atoms with van der Waals surface area (Å²) >= 11 is 0. The monoisotopic (exact) mass is 204 g/mol. The van der Waals surface area contributed by atoms with Gasteiger partial charge in [-0.25, -0.2) is 4.79 Å². The van der Waals surface area contributed by atoms with Crippen molar-refractivity contribution >= 4 is 6.03 Å². The molecule has 2 N–H and O–H groups in total. The molecule has 0 aliphatic rings.